The number of ketones is 1. The number of fused-ring (bicyclic) bond motifs is 1. The molecule has 4 heteroatoms. The molecule has 0 saturated heterocycles. The lowest BCUT2D eigenvalue weighted by molar-refractivity contribution is 0.104. The zero-order valence-electron chi connectivity index (χ0n) is 16.5. The lowest BCUT2D eigenvalue weighted by atomic mass is 10.0. The van der Waals surface area contributed by atoms with E-state index in [4.69, 9.17) is 20.6 Å². The molecule has 0 N–H and O–H groups in total. The van der Waals surface area contributed by atoms with Gasteiger partial charge < -0.3 is 14.2 Å². The van der Waals surface area contributed by atoms with E-state index >= 15 is 0 Å². The highest BCUT2D eigenvalue weighted by Gasteiger charge is 2.07. The summed E-state index contributed by atoms with van der Waals surface area (Å²) < 4.78 is 16.3. The lowest BCUT2D eigenvalue weighted by Gasteiger charge is -2.10. The molecule has 0 fully saturated rings. The average Bonchev–Trinajstić information content (AvgIpc) is 2.76. The van der Waals surface area contributed by atoms with E-state index in [2.05, 4.69) is 5.92 Å². The molecule has 0 amide bonds. The molecular formula is C25H22O4. The summed E-state index contributed by atoms with van der Waals surface area (Å²) in [4.78, 5) is 12.6. The van der Waals surface area contributed by atoms with Crippen molar-refractivity contribution in [3.63, 3.8) is 0 Å². The monoisotopic (exact) mass is 386 g/mol. The summed E-state index contributed by atoms with van der Waals surface area (Å²) in [6.07, 6.45) is 8.56. The van der Waals surface area contributed by atoms with Crippen molar-refractivity contribution in [1.29, 1.82) is 0 Å². The van der Waals surface area contributed by atoms with Gasteiger partial charge in [0.2, 0.25) is 0 Å². The first-order valence-electron chi connectivity index (χ1n) is 9.28. The van der Waals surface area contributed by atoms with Crippen LogP contribution in [0.4, 0.5) is 0 Å². The summed E-state index contributed by atoms with van der Waals surface area (Å²) in [6, 6.07) is 16.8. The van der Waals surface area contributed by atoms with Gasteiger partial charge in [-0.15, -0.1) is 6.42 Å². The Morgan fingerprint density at radius 1 is 1.00 bits per heavy atom. The molecule has 0 unspecified atom stereocenters. The number of rotatable bonds is 8. The summed E-state index contributed by atoms with van der Waals surface area (Å²) in [5.74, 6) is 4.32. The van der Waals surface area contributed by atoms with Gasteiger partial charge in [0.25, 0.3) is 0 Å². The van der Waals surface area contributed by atoms with Crippen LogP contribution in [0.15, 0.2) is 60.7 Å². The summed E-state index contributed by atoms with van der Waals surface area (Å²) in [5, 5.41) is 2.01. The Balaban J connectivity index is 1.80. The normalized spacial score (nSPS) is 10.7. The van der Waals surface area contributed by atoms with Gasteiger partial charge in [-0.1, -0.05) is 36.3 Å². The van der Waals surface area contributed by atoms with Gasteiger partial charge in [0.1, 0.15) is 12.4 Å². The van der Waals surface area contributed by atoms with Gasteiger partial charge >= 0.3 is 0 Å². The Labute approximate surface area is 170 Å². The van der Waals surface area contributed by atoms with Crippen molar-refractivity contribution in [3.05, 3.63) is 71.8 Å². The molecule has 0 aliphatic heterocycles. The number of hydrogen-bond acceptors (Lipinski definition) is 4. The number of terminal acetylenes is 1. The Morgan fingerprint density at radius 3 is 2.55 bits per heavy atom. The van der Waals surface area contributed by atoms with E-state index in [0.717, 1.165) is 22.1 Å². The van der Waals surface area contributed by atoms with Crippen LogP contribution in [0, 0.1) is 12.3 Å². The molecule has 0 radical (unpaired) electrons. The quantitative estimate of drug-likeness (QED) is 0.305. The molecular weight excluding hydrogens is 364 g/mol. The summed E-state index contributed by atoms with van der Waals surface area (Å²) >= 11 is 0. The predicted molar refractivity (Wildman–Crippen MR) is 116 cm³/mol. The molecule has 0 spiro atoms. The van der Waals surface area contributed by atoms with Gasteiger partial charge in [0.05, 0.1) is 13.7 Å². The third-order valence-electron chi connectivity index (χ3n) is 4.34. The zero-order valence-corrected chi connectivity index (χ0v) is 16.5. The van der Waals surface area contributed by atoms with E-state index in [9.17, 15) is 4.79 Å². The maximum Gasteiger partial charge on any atom is 0.185 e. The third kappa shape index (κ3) is 4.97. The van der Waals surface area contributed by atoms with Crippen molar-refractivity contribution >= 4 is 22.6 Å². The Morgan fingerprint density at radius 2 is 1.79 bits per heavy atom. The maximum atomic E-state index is 12.6. The topological polar surface area (TPSA) is 44.8 Å². The van der Waals surface area contributed by atoms with Crippen LogP contribution in [0.2, 0.25) is 0 Å². The molecule has 3 aromatic carbocycles. The smallest absolute Gasteiger partial charge is 0.185 e. The van der Waals surface area contributed by atoms with Crippen molar-refractivity contribution in [2.45, 2.75) is 6.92 Å². The Bertz CT molecular complexity index is 1090. The fraction of sp³-hybridized carbons (Fsp3) is 0.160. The minimum Gasteiger partial charge on any atom is -0.497 e. The second-order valence-corrected chi connectivity index (χ2v) is 6.26. The summed E-state index contributed by atoms with van der Waals surface area (Å²) in [6.45, 7) is 2.56. The predicted octanol–water partition coefficient (Wildman–Crippen LogP) is 5.16. The van der Waals surface area contributed by atoms with E-state index in [1.807, 2.05) is 55.5 Å². The van der Waals surface area contributed by atoms with Gasteiger partial charge in [0.15, 0.2) is 17.3 Å². The van der Waals surface area contributed by atoms with Crippen LogP contribution in [0.5, 0.6) is 17.2 Å². The molecule has 29 heavy (non-hydrogen) atoms. The molecule has 0 bridgehead atoms. The van der Waals surface area contributed by atoms with Crippen molar-refractivity contribution < 1.29 is 19.0 Å². The van der Waals surface area contributed by atoms with Crippen molar-refractivity contribution in [2.24, 2.45) is 0 Å². The second kappa shape index (κ2) is 9.48. The SMILES string of the molecule is C#CCOc1ccc(/C=C/C(=O)c2ccc3cc(OC)ccc3c2)cc1OCC. The van der Waals surface area contributed by atoms with Gasteiger partial charge in [-0.25, -0.2) is 0 Å². The molecule has 4 nitrogen and oxygen atoms in total. The first kappa shape index (κ1) is 20.0. The van der Waals surface area contributed by atoms with Crippen molar-refractivity contribution in [2.75, 3.05) is 20.3 Å². The molecule has 146 valence electrons. The van der Waals surface area contributed by atoms with Crippen molar-refractivity contribution in [1.82, 2.24) is 0 Å². The van der Waals surface area contributed by atoms with Crippen LogP contribution in [-0.4, -0.2) is 26.1 Å². The molecule has 0 aliphatic rings. The number of hydrogen-bond donors (Lipinski definition) is 0. The van der Waals surface area contributed by atoms with Crippen LogP contribution in [-0.2, 0) is 0 Å². The van der Waals surface area contributed by atoms with E-state index in [0.29, 0.717) is 23.7 Å². The maximum absolute atomic E-state index is 12.6. The molecule has 0 saturated carbocycles. The van der Waals surface area contributed by atoms with E-state index in [1.165, 1.54) is 0 Å². The lowest BCUT2D eigenvalue weighted by Crippen LogP contribution is -1.99. The Hall–Kier alpha value is -3.71. The molecule has 0 heterocycles. The molecule has 0 aliphatic carbocycles. The number of benzene rings is 3. The molecule has 0 atom stereocenters. The standard InChI is InChI=1S/C25H22O4/c1-4-14-29-24-13-7-18(15-25(24)28-5-2)6-12-23(26)21-9-8-20-17-22(27-3)11-10-19(20)16-21/h1,6-13,15-17H,5,14H2,2-3H3/b12-6+. The fourth-order valence-corrected chi connectivity index (χ4v) is 2.91. The largest absolute Gasteiger partial charge is 0.497 e. The summed E-state index contributed by atoms with van der Waals surface area (Å²) in [5.41, 5.74) is 1.46. The second-order valence-electron chi connectivity index (χ2n) is 6.26. The third-order valence-corrected chi connectivity index (χ3v) is 4.34. The number of ether oxygens (including phenoxy) is 3. The number of carbonyl (C=O) groups excluding carboxylic acids is 1. The van der Waals surface area contributed by atoms with Crippen LogP contribution in [0.25, 0.3) is 16.8 Å². The van der Waals surface area contributed by atoms with E-state index in [1.54, 1.807) is 25.3 Å². The van der Waals surface area contributed by atoms with Crippen LogP contribution >= 0.6 is 0 Å². The summed E-state index contributed by atoms with van der Waals surface area (Å²) in [7, 11) is 1.63. The van der Waals surface area contributed by atoms with E-state index < -0.39 is 0 Å². The van der Waals surface area contributed by atoms with Gasteiger partial charge in [-0.2, -0.15) is 0 Å². The number of carbonyl (C=O) groups is 1. The first-order valence-corrected chi connectivity index (χ1v) is 9.28. The van der Waals surface area contributed by atoms with Crippen LogP contribution < -0.4 is 14.2 Å². The first-order chi connectivity index (χ1) is 14.1. The molecule has 3 rings (SSSR count). The highest BCUT2D eigenvalue weighted by atomic mass is 16.5. The van der Waals surface area contributed by atoms with Crippen molar-refractivity contribution in [3.8, 4) is 29.6 Å². The van der Waals surface area contributed by atoms with Gasteiger partial charge in [0, 0.05) is 5.56 Å². The van der Waals surface area contributed by atoms with Crippen LogP contribution in [0.3, 0.4) is 0 Å². The zero-order chi connectivity index (χ0) is 20.6. The molecule has 0 aromatic heterocycles. The highest BCUT2D eigenvalue weighted by molar-refractivity contribution is 6.08. The molecule has 3 aromatic rings. The highest BCUT2D eigenvalue weighted by Crippen LogP contribution is 2.29. The Kier molecular flexibility index (Phi) is 6.55. The minimum absolute atomic E-state index is 0.0756. The fourth-order valence-electron chi connectivity index (χ4n) is 2.91. The minimum atomic E-state index is -0.0756. The van der Waals surface area contributed by atoms with E-state index in [-0.39, 0.29) is 12.4 Å². The number of allylic oxidation sites excluding steroid dienone is 1. The van der Waals surface area contributed by atoms with Crippen LogP contribution in [0.1, 0.15) is 22.8 Å². The van der Waals surface area contributed by atoms with Gasteiger partial charge in [-0.05, 0) is 59.7 Å². The average molecular weight is 386 g/mol. The van der Waals surface area contributed by atoms with Gasteiger partial charge in [-0.3, -0.25) is 4.79 Å². The number of methoxy groups -OCH3 is 1.